The largest absolute Gasteiger partial charge is 0.417 e. The second kappa shape index (κ2) is 7.32. The number of benzene rings is 2. The number of rotatable bonds is 5. The number of nitrogens with one attached hydrogen (secondary N) is 1. The quantitative estimate of drug-likeness (QED) is 0.667. The van der Waals surface area contributed by atoms with Gasteiger partial charge < -0.3 is 5.73 Å². The minimum Gasteiger partial charge on any atom is -0.330 e. The maximum absolute atomic E-state index is 13.6. The predicted molar refractivity (Wildman–Crippen MR) is 95.9 cm³/mol. The SMILES string of the molecule is CS(=O)(=O)c1c(C(F)(F)F)ccc(-c2cccc(CCN)c2)c1-c1nn[nH]n1. The molecule has 0 unspecified atom stereocenters. The van der Waals surface area contributed by atoms with Crippen LogP contribution in [0.3, 0.4) is 0 Å². The summed E-state index contributed by atoms with van der Waals surface area (Å²) in [4.78, 5) is -0.886. The van der Waals surface area contributed by atoms with Gasteiger partial charge in [-0.25, -0.2) is 8.42 Å². The normalized spacial score (nSPS) is 12.3. The molecule has 0 saturated carbocycles. The molecule has 0 fully saturated rings. The molecule has 1 heterocycles. The molecule has 11 heteroatoms. The van der Waals surface area contributed by atoms with Gasteiger partial charge in [-0.15, -0.1) is 10.2 Å². The van der Waals surface area contributed by atoms with E-state index >= 15 is 0 Å². The molecular weight excluding hydrogens is 395 g/mol. The first-order chi connectivity index (χ1) is 13.1. The van der Waals surface area contributed by atoms with Gasteiger partial charge in [-0.05, 0) is 40.9 Å². The Hall–Kier alpha value is -2.79. The first kappa shape index (κ1) is 20.0. The third kappa shape index (κ3) is 3.90. The molecule has 7 nitrogen and oxygen atoms in total. The summed E-state index contributed by atoms with van der Waals surface area (Å²) in [5, 5.41) is 13.0. The Morgan fingerprint density at radius 1 is 1.18 bits per heavy atom. The van der Waals surface area contributed by atoms with Gasteiger partial charge in [0.05, 0.1) is 16.0 Å². The van der Waals surface area contributed by atoms with E-state index in [4.69, 9.17) is 5.73 Å². The summed E-state index contributed by atoms with van der Waals surface area (Å²) in [5.41, 5.74) is 5.66. The van der Waals surface area contributed by atoms with Crippen LogP contribution in [0.15, 0.2) is 41.3 Å². The van der Waals surface area contributed by atoms with E-state index in [1.165, 1.54) is 6.07 Å². The lowest BCUT2D eigenvalue weighted by Gasteiger charge is -2.18. The molecule has 0 bridgehead atoms. The van der Waals surface area contributed by atoms with E-state index in [0.29, 0.717) is 18.5 Å². The van der Waals surface area contributed by atoms with E-state index in [2.05, 4.69) is 20.6 Å². The number of nitrogens with zero attached hydrogens (tertiary/aromatic N) is 3. The fourth-order valence-electron chi connectivity index (χ4n) is 2.98. The van der Waals surface area contributed by atoms with Gasteiger partial charge in [0.15, 0.2) is 9.84 Å². The molecule has 3 aromatic rings. The van der Waals surface area contributed by atoms with Crippen molar-refractivity contribution < 1.29 is 21.6 Å². The monoisotopic (exact) mass is 411 g/mol. The van der Waals surface area contributed by atoms with Gasteiger partial charge in [-0.3, -0.25) is 0 Å². The molecule has 0 spiro atoms. The van der Waals surface area contributed by atoms with Crippen LogP contribution in [0.5, 0.6) is 0 Å². The van der Waals surface area contributed by atoms with Gasteiger partial charge in [-0.2, -0.15) is 18.4 Å². The zero-order chi connectivity index (χ0) is 20.5. The molecule has 1 aromatic heterocycles. The van der Waals surface area contributed by atoms with Gasteiger partial charge in [0.1, 0.15) is 0 Å². The van der Waals surface area contributed by atoms with Crippen LogP contribution in [-0.2, 0) is 22.4 Å². The van der Waals surface area contributed by atoms with E-state index in [1.807, 2.05) is 6.07 Å². The molecule has 148 valence electrons. The second-order valence-corrected chi connectivity index (χ2v) is 8.06. The number of hydrogen-bond donors (Lipinski definition) is 2. The molecule has 0 aliphatic heterocycles. The van der Waals surface area contributed by atoms with Crippen molar-refractivity contribution in [2.45, 2.75) is 17.5 Å². The zero-order valence-corrected chi connectivity index (χ0v) is 15.5. The highest BCUT2D eigenvalue weighted by atomic mass is 32.2. The third-order valence-electron chi connectivity index (χ3n) is 4.07. The Kier molecular flexibility index (Phi) is 5.22. The van der Waals surface area contributed by atoms with E-state index in [-0.39, 0.29) is 17.0 Å². The number of halogens is 3. The zero-order valence-electron chi connectivity index (χ0n) is 14.7. The highest BCUT2D eigenvalue weighted by molar-refractivity contribution is 7.91. The molecule has 3 rings (SSSR count). The Bertz CT molecular complexity index is 1100. The molecule has 0 amide bonds. The van der Waals surface area contributed by atoms with Crippen molar-refractivity contribution in [3.8, 4) is 22.5 Å². The highest BCUT2D eigenvalue weighted by Gasteiger charge is 2.39. The second-order valence-electron chi connectivity index (χ2n) is 6.11. The van der Waals surface area contributed by atoms with Gasteiger partial charge in [0, 0.05) is 6.26 Å². The van der Waals surface area contributed by atoms with Crippen LogP contribution in [0, 0.1) is 0 Å². The average molecular weight is 411 g/mol. The summed E-state index contributed by atoms with van der Waals surface area (Å²) in [6, 6.07) is 8.92. The van der Waals surface area contributed by atoms with Crippen LogP contribution in [0.1, 0.15) is 11.1 Å². The van der Waals surface area contributed by atoms with Crippen LogP contribution >= 0.6 is 0 Å². The lowest BCUT2D eigenvalue weighted by molar-refractivity contribution is -0.139. The summed E-state index contributed by atoms with van der Waals surface area (Å²) in [6.07, 6.45) is -3.60. The number of sulfone groups is 1. The molecule has 0 aliphatic rings. The van der Waals surface area contributed by atoms with Crippen molar-refractivity contribution >= 4 is 9.84 Å². The molecular formula is C17H16F3N5O2S. The number of aromatic nitrogens is 4. The minimum atomic E-state index is -4.88. The molecule has 2 aromatic carbocycles. The van der Waals surface area contributed by atoms with Crippen LogP contribution in [-0.4, -0.2) is 41.8 Å². The van der Waals surface area contributed by atoms with Crippen molar-refractivity contribution in [1.29, 1.82) is 0 Å². The van der Waals surface area contributed by atoms with Crippen LogP contribution in [0.4, 0.5) is 13.2 Å². The number of hydrogen-bond acceptors (Lipinski definition) is 6. The lowest BCUT2D eigenvalue weighted by atomic mass is 9.95. The standard InChI is InChI=1S/C17H16F3N5O2S/c1-28(26,27)15-13(17(18,19)20)6-5-12(14(15)16-22-24-25-23-16)11-4-2-3-10(9-11)7-8-21/h2-6,9H,7-8,21H2,1H3,(H,22,23,24,25). The molecule has 0 aliphatic carbocycles. The maximum Gasteiger partial charge on any atom is 0.417 e. The van der Waals surface area contributed by atoms with Crippen molar-refractivity contribution in [3.63, 3.8) is 0 Å². The Balaban J connectivity index is 2.41. The first-order valence-corrected chi connectivity index (χ1v) is 9.99. The Morgan fingerprint density at radius 2 is 1.93 bits per heavy atom. The van der Waals surface area contributed by atoms with Crippen molar-refractivity contribution in [1.82, 2.24) is 20.6 Å². The van der Waals surface area contributed by atoms with Crippen molar-refractivity contribution in [3.05, 3.63) is 47.5 Å². The maximum atomic E-state index is 13.6. The van der Waals surface area contributed by atoms with Gasteiger partial charge in [0.2, 0.25) is 5.82 Å². The van der Waals surface area contributed by atoms with Crippen LogP contribution in [0.25, 0.3) is 22.5 Å². The minimum absolute atomic E-state index is 0.244. The topological polar surface area (TPSA) is 115 Å². The van der Waals surface area contributed by atoms with Gasteiger partial charge in [0.25, 0.3) is 0 Å². The van der Waals surface area contributed by atoms with Crippen LogP contribution in [0.2, 0.25) is 0 Å². The van der Waals surface area contributed by atoms with Gasteiger partial charge >= 0.3 is 6.18 Å². The first-order valence-electron chi connectivity index (χ1n) is 8.10. The lowest BCUT2D eigenvalue weighted by Crippen LogP contribution is -2.15. The third-order valence-corrected chi connectivity index (χ3v) is 5.24. The molecule has 0 radical (unpaired) electrons. The van der Waals surface area contributed by atoms with Gasteiger partial charge in [-0.1, -0.05) is 30.3 Å². The number of nitrogens with two attached hydrogens (primary N) is 1. The fourth-order valence-corrected chi connectivity index (χ4v) is 4.14. The van der Waals surface area contributed by atoms with Crippen molar-refractivity contribution in [2.75, 3.05) is 12.8 Å². The molecule has 28 heavy (non-hydrogen) atoms. The summed E-state index contributed by atoms with van der Waals surface area (Å²) >= 11 is 0. The number of H-pyrrole nitrogens is 1. The van der Waals surface area contributed by atoms with E-state index in [0.717, 1.165) is 17.9 Å². The number of tetrazole rings is 1. The summed E-state index contributed by atoms with van der Waals surface area (Å²) in [7, 11) is -4.29. The highest BCUT2D eigenvalue weighted by Crippen LogP contribution is 2.43. The summed E-state index contributed by atoms with van der Waals surface area (Å²) in [5.74, 6) is -0.245. The summed E-state index contributed by atoms with van der Waals surface area (Å²) in [6.45, 7) is 0.392. The fraction of sp³-hybridized carbons (Fsp3) is 0.235. The van der Waals surface area contributed by atoms with E-state index < -0.39 is 26.5 Å². The molecule has 0 atom stereocenters. The number of aromatic amines is 1. The Labute approximate surface area is 158 Å². The van der Waals surface area contributed by atoms with E-state index in [1.54, 1.807) is 18.2 Å². The predicted octanol–water partition coefficient (Wildman–Crippen LogP) is 2.46. The summed E-state index contributed by atoms with van der Waals surface area (Å²) < 4.78 is 65.4. The van der Waals surface area contributed by atoms with E-state index in [9.17, 15) is 21.6 Å². The molecule has 3 N–H and O–H groups in total. The number of alkyl halides is 3. The van der Waals surface area contributed by atoms with Crippen LogP contribution < -0.4 is 5.73 Å². The Morgan fingerprint density at radius 3 is 2.50 bits per heavy atom. The smallest absolute Gasteiger partial charge is 0.330 e. The average Bonchev–Trinajstić information content (AvgIpc) is 3.14. The van der Waals surface area contributed by atoms with Crippen molar-refractivity contribution in [2.24, 2.45) is 5.73 Å². The molecule has 0 saturated heterocycles.